The second-order valence-electron chi connectivity index (χ2n) is 5.18. The Morgan fingerprint density at radius 2 is 1.86 bits per heavy atom. The summed E-state index contributed by atoms with van der Waals surface area (Å²) >= 11 is 5.81. The largest absolute Gasteiger partial charge is 0.342 e. The van der Waals surface area contributed by atoms with Crippen molar-refractivity contribution in [2.24, 2.45) is 0 Å². The van der Waals surface area contributed by atoms with Gasteiger partial charge in [0.15, 0.2) is 9.84 Å². The van der Waals surface area contributed by atoms with Crippen LogP contribution in [-0.4, -0.2) is 43.8 Å². The van der Waals surface area contributed by atoms with Gasteiger partial charge in [0.2, 0.25) is 5.91 Å². The summed E-state index contributed by atoms with van der Waals surface area (Å²) in [5.74, 6) is 0.0559. The molecule has 0 N–H and O–H groups in total. The number of hydrogen-bond acceptors (Lipinski definition) is 3. The maximum absolute atomic E-state index is 12.1. The predicted octanol–water partition coefficient (Wildman–Crippen LogP) is 2.55. The first-order chi connectivity index (χ1) is 9.75. The topological polar surface area (TPSA) is 54.5 Å². The minimum atomic E-state index is -3.08. The lowest BCUT2D eigenvalue weighted by Gasteiger charge is -2.24. The molecule has 1 aromatic rings. The Kier molecular flexibility index (Phi) is 6.68. The molecule has 118 valence electrons. The first-order valence-electron chi connectivity index (χ1n) is 6.95. The minimum absolute atomic E-state index is 0.00663. The normalized spacial score (nSPS) is 13.0. The maximum atomic E-state index is 12.1. The van der Waals surface area contributed by atoms with Gasteiger partial charge < -0.3 is 4.90 Å². The van der Waals surface area contributed by atoms with E-state index >= 15 is 0 Å². The molecule has 1 aromatic carbocycles. The van der Waals surface area contributed by atoms with Gasteiger partial charge in [-0.3, -0.25) is 4.79 Å². The van der Waals surface area contributed by atoms with Crippen LogP contribution < -0.4 is 0 Å². The fourth-order valence-corrected chi connectivity index (χ4v) is 3.24. The summed E-state index contributed by atoms with van der Waals surface area (Å²) in [5, 5.41) is 0.667. The van der Waals surface area contributed by atoms with E-state index in [0.717, 1.165) is 5.56 Å². The number of halogens is 1. The number of sulfone groups is 1. The van der Waals surface area contributed by atoms with E-state index in [2.05, 4.69) is 0 Å². The third-order valence-electron chi connectivity index (χ3n) is 3.53. The van der Waals surface area contributed by atoms with Gasteiger partial charge in [0.1, 0.15) is 0 Å². The highest BCUT2D eigenvalue weighted by atomic mass is 35.5. The zero-order valence-corrected chi connectivity index (χ0v) is 14.2. The summed E-state index contributed by atoms with van der Waals surface area (Å²) in [7, 11) is -1.42. The van der Waals surface area contributed by atoms with Crippen molar-refractivity contribution in [2.45, 2.75) is 32.7 Å². The SMILES string of the molecule is CCS(=O)(=O)C[C@@H](C)N(C)C(=O)CCc1ccc(Cl)cc1. The molecule has 1 rings (SSSR count). The highest BCUT2D eigenvalue weighted by molar-refractivity contribution is 7.91. The molecule has 0 saturated carbocycles. The second-order valence-corrected chi connectivity index (χ2v) is 8.01. The van der Waals surface area contributed by atoms with E-state index in [1.165, 1.54) is 4.90 Å². The van der Waals surface area contributed by atoms with Gasteiger partial charge in [-0.1, -0.05) is 30.7 Å². The molecule has 0 aliphatic rings. The average molecular weight is 332 g/mol. The van der Waals surface area contributed by atoms with E-state index < -0.39 is 9.84 Å². The van der Waals surface area contributed by atoms with Crippen LogP contribution in [0.15, 0.2) is 24.3 Å². The molecular formula is C15H22ClNO3S. The summed E-state index contributed by atoms with van der Waals surface area (Å²) < 4.78 is 23.2. The Hall–Kier alpha value is -1.07. The van der Waals surface area contributed by atoms with Crippen molar-refractivity contribution in [3.05, 3.63) is 34.9 Å². The zero-order chi connectivity index (χ0) is 16.0. The van der Waals surface area contributed by atoms with Crippen LogP contribution in [0, 0.1) is 0 Å². The van der Waals surface area contributed by atoms with Gasteiger partial charge in [0, 0.05) is 30.3 Å². The van der Waals surface area contributed by atoms with Gasteiger partial charge in [-0.2, -0.15) is 0 Å². The summed E-state index contributed by atoms with van der Waals surface area (Å²) in [6, 6.07) is 7.05. The standard InChI is InChI=1S/C15H22ClNO3S/c1-4-21(19,20)11-12(2)17(3)15(18)10-7-13-5-8-14(16)9-6-13/h5-6,8-9,12H,4,7,10-11H2,1-3H3/t12-/m1/s1. The quantitative estimate of drug-likeness (QED) is 0.771. The molecular weight excluding hydrogens is 310 g/mol. The van der Waals surface area contributed by atoms with Crippen LogP contribution in [0.4, 0.5) is 0 Å². The third kappa shape index (κ3) is 6.06. The van der Waals surface area contributed by atoms with E-state index in [4.69, 9.17) is 11.6 Å². The molecule has 21 heavy (non-hydrogen) atoms. The fraction of sp³-hybridized carbons (Fsp3) is 0.533. The van der Waals surface area contributed by atoms with E-state index in [0.29, 0.717) is 17.9 Å². The van der Waals surface area contributed by atoms with Crippen molar-refractivity contribution in [3.63, 3.8) is 0 Å². The summed E-state index contributed by atoms with van der Waals surface area (Å²) in [6.07, 6.45) is 0.974. The summed E-state index contributed by atoms with van der Waals surface area (Å²) in [6.45, 7) is 3.37. The van der Waals surface area contributed by atoms with Crippen LogP contribution >= 0.6 is 11.6 Å². The fourth-order valence-electron chi connectivity index (χ4n) is 1.92. The minimum Gasteiger partial charge on any atom is -0.342 e. The van der Waals surface area contributed by atoms with Crippen LogP contribution in [0.25, 0.3) is 0 Å². The van der Waals surface area contributed by atoms with Gasteiger partial charge in [0.05, 0.1) is 5.75 Å². The lowest BCUT2D eigenvalue weighted by atomic mass is 10.1. The van der Waals surface area contributed by atoms with E-state index in [1.807, 2.05) is 12.1 Å². The first-order valence-corrected chi connectivity index (χ1v) is 9.15. The number of nitrogens with zero attached hydrogens (tertiary/aromatic N) is 1. The highest BCUT2D eigenvalue weighted by Gasteiger charge is 2.20. The summed E-state index contributed by atoms with van der Waals surface area (Å²) in [4.78, 5) is 13.6. The lowest BCUT2D eigenvalue weighted by molar-refractivity contribution is -0.131. The molecule has 6 heteroatoms. The van der Waals surface area contributed by atoms with E-state index in [1.54, 1.807) is 33.0 Å². The Morgan fingerprint density at radius 1 is 1.29 bits per heavy atom. The number of rotatable bonds is 7. The van der Waals surface area contributed by atoms with Crippen LogP contribution in [-0.2, 0) is 21.1 Å². The van der Waals surface area contributed by atoms with Crippen molar-refractivity contribution in [1.82, 2.24) is 4.90 Å². The number of carbonyl (C=O) groups is 1. The van der Waals surface area contributed by atoms with Gasteiger partial charge in [-0.15, -0.1) is 0 Å². The first kappa shape index (κ1) is 18.0. The molecule has 0 aliphatic carbocycles. The highest BCUT2D eigenvalue weighted by Crippen LogP contribution is 2.12. The molecule has 1 amide bonds. The summed E-state index contributed by atoms with van der Waals surface area (Å²) in [5.41, 5.74) is 1.04. The molecule has 0 spiro atoms. The Balaban J connectivity index is 2.52. The zero-order valence-electron chi connectivity index (χ0n) is 12.7. The van der Waals surface area contributed by atoms with Gasteiger partial charge >= 0.3 is 0 Å². The van der Waals surface area contributed by atoms with Gasteiger partial charge in [-0.05, 0) is 31.0 Å². The van der Waals surface area contributed by atoms with Crippen molar-refractivity contribution < 1.29 is 13.2 Å². The van der Waals surface area contributed by atoms with Gasteiger partial charge in [-0.25, -0.2) is 8.42 Å². The van der Waals surface area contributed by atoms with Crippen LogP contribution in [0.3, 0.4) is 0 Å². The molecule has 0 bridgehead atoms. The third-order valence-corrected chi connectivity index (χ3v) is 5.65. The lowest BCUT2D eigenvalue weighted by Crippen LogP contribution is -2.39. The van der Waals surface area contributed by atoms with Crippen molar-refractivity contribution >= 4 is 27.3 Å². The van der Waals surface area contributed by atoms with Crippen molar-refractivity contribution in [3.8, 4) is 0 Å². The van der Waals surface area contributed by atoms with Crippen LogP contribution in [0.2, 0.25) is 5.02 Å². The molecule has 1 atom stereocenters. The number of aryl methyl sites for hydroxylation is 1. The number of benzene rings is 1. The van der Waals surface area contributed by atoms with Crippen molar-refractivity contribution in [2.75, 3.05) is 18.6 Å². The van der Waals surface area contributed by atoms with E-state index in [9.17, 15) is 13.2 Å². The second kappa shape index (κ2) is 7.80. The maximum Gasteiger partial charge on any atom is 0.222 e. The molecule has 4 nitrogen and oxygen atoms in total. The molecule has 0 aliphatic heterocycles. The predicted molar refractivity (Wildman–Crippen MR) is 86.3 cm³/mol. The Labute approximate surface area is 132 Å². The van der Waals surface area contributed by atoms with Crippen LogP contribution in [0.5, 0.6) is 0 Å². The molecule has 0 fully saturated rings. The number of hydrogen-bond donors (Lipinski definition) is 0. The smallest absolute Gasteiger partial charge is 0.222 e. The number of amides is 1. The van der Waals surface area contributed by atoms with Crippen molar-refractivity contribution in [1.29, 1.82) is 0 Å². The molecule has 0 aromatic heterocycles. The monoisotopic (exact) mass is 331 g/mol. The average Bonchev–Trinajstić information content (AvgIpc) is 2.45. The molecule has 0 heterocycles. The Bertz CT molecular complexity index is 569. The Morgan fingerprint density at radius 3 is 2.38 bits per heavy atom. The van der Waals surface area contributed by atoms with Gasteiger partial charge in [0.25, 0.3) is 0 Å². The van der Waals surface area contributed by atoms with E-state index in [-0.39, 0.29) is 23.5 Å². The molecule has 0 radical (unpaired) electrons. The number of carbonyl (C=O) groups excluding carboxylic acids is 1. The van der Waals surface area contributed by atoms with Crippen LogP contribution in [0.1, 0.15) is 25.8 Å². The molecule has 0 saturated heterocycles. The molecule has 0 unspecified atom stereocenters.